The van der Waals surface area contributed by atoms with Gasteiger partial charge in [0.05, 0.1) is 6.61 Å². The zero-order valence-electron chi connectivity index (χ0n) is 12.3. The number of benzene rings is 1. The fourth-order valence-corrected chi connectivity index (χ4v) is 3.71. The second kappa shape index (κ2) is 6.69. The first-order valence-corrected chi connectivity index (χ1v) is 8.61. The van der Waals surface area contributed by atoms with E-state index in [0.717, 1.165) is 49.5 Å². The van der Waals surface area contributed by atoms with Gasteiger partial charge in [-0.3, -0.25) is 0 Å². The Hall–Kier alpha value is -1.23. The van der Waals surface area contributed by atoms with Crippen LogP contribution in [0, 0.1) is 5.82 Å². The topological polar surface area (TPSA) is 24.8 Å². The molecule has 0 spiro atoms. The van der Waals surface area contributed by atoms with E-state index in [-0.39, 0.29) is 11.7 Å². The van der Waals surface area contributed by atoms with Gasteiger partial charge < -0.3 is 9.64 Å². The summed E-state index contributed by atoms with van der Waals surface area (Å²) in [5, 5.41) is 0. The summed E-state index contributed by atoms with van der Waals surface area (Å²) in [5.74, 6) is 2.49. The third kappa shape index (κ3) is 3.18. The average molecular weight is 308 g/mol. The van der Waals surface area contributed by atoms with E-state index in [9.17, 15) is 4.39 Å². The van der Waals surface area contributed by atoms with Crippen molar-refractivity contribution in [3.05, 3.63) is 29.6 Å². The summed E-state index contributed by atoms with van der Waals surface area (Å²) in [7, 11) is 0. The Balaban J connectivity index is 1.82. The fraction of sp³-hybridized carbons (Fsp3) is 0.562. The van der Waals surface area contributed by atoms with E-state index in [4.69, 9.17) is 4.74 Å². The summed E-state index contributed by atoms with van der Waals surface area (Å²) in [6, 6.07) is 5.38. The normalized spacial score (nSPS) is 21.7. The molecule has 1 unspecified atom stereocenters. The van der Waals surface area contributed by atoms with E-state index < -0.39 is 0 Å². The molecule has 0 saturated carbocycles. The van der Waals surface area contributed by atoms with Crippen LogP contribution < -0.4 is 4.74 Å². The van der Waals surface area contributed by atoms with Crippen molar-refractivity contribution in [1.29, 1.82) is 0 Å². The van der Waals surface area contributed by atoms with E-state index in [2.05, 4.69) is 9.30 Å². The van der Waals surface area contributed by atoms with Crippen molar-refractivity contribution >= 4 is 17.8 Å². The lowest BCUT2D eigenvalue weighted by Crippen LogP contribution is -2.43. The van der Waals surface area contributed by atoms with Gasteiger partial charge in [0.25, 0.3) is 0 Å². The third-order valence-electron chi connectivity index (χ3n) is 3.99. The van der Waals surface area contributed by atoms with Crippen LogP contribution in [0.25, 0.3) is 0 Å². The van der Waals surface area contributed by atoms with Crippen LogP contribution in [-0.2, 0) is 0 Å². The number of halogens is 1. The molecule has 1 aromatic rings. The predicted octanol–water partition coefficient (Wildman–Crippen LogP) is 3.85. The summed E-state index contributed by atoms with van der Waals surface area (Å²) in [5.41, 5.74) is 1.02. The highest BCUT2D eigenvalue weighted by Gasteiger charge is 2.30. The zero-order valence-corrected chi connectivity index (χ0v) is 13.2. The van der Waals surface area contributed by atoms with Crippen LogP contribution in [0.3, 0.4) is 0 Å². The molecular formula is C16H21FN2OS. The molecule has 0 aromatic heterocycles. The number of rotatable bonds is 4. The number of amidine groups is 1. The van der Waals surface area contributed by atoms with Crippen LogP contribution in [0.4, 0.5) is 4.39 Å². The SMILES string of the molecule is CCCOc1ccc(C2CCCN3CCSN=C23)cc1F. The molecule has 1 atom stereocenters. The summed E-state index contributed by atoms with van der Waals surface area (Å²) in [6.07, 6.45) is 3.07. The van der Waals surface area contributed by atoms with E-state index in [0.29, 0.717) is 12.4 Å². The van der Waals surface area contributed by atoms with Crippen LogP contribution in [0.5, 0.6) is 5.75 Å². The molecule has 1 saturated heterocycles. The highest BCUT2D eigenvalue weighted by atomic mass is 32.2. The Morgan fingerprint density at radius 1 is 1.43 bits per heavy atom. The number of piperidine rings is 1. The second-order valence-electron chi connectivity index (χ2n) is 5.50. The number of hydrogen-bond donors (Lipinski definition) is 0. The minimum atomic E-state index is -0.262. The molecule has 21 heavy (non-hydrogen) atoms. The Kier molecular flexibility index (Phi) is 4.68. The zero-order chi connectivity index (χ0) is 14.7. The maximum Gasteiger partial charge on any atom is 0.165 e. The molecule has 0 aliphatic carbocycles. The summed E-state index contributed by atoms with van der Waals surface area (Å²) >= 11 is 1.63. The lowest BCUT2D eigenvalue weighted by Gasteiger charge is -2.37. The molecule has 114 valence electrons. The minimum absolute atomic E-state index is 0.223. The second-order valence-corrected chi connectivity index (χ2v) is 6.35. The highest BCUT2D eigenvalue weighted by molar-refractivity contribution is 7.98. The van der Waals surface area contributed by atoms with Crippen molar-refractivity contribution in [2.75, 3.05) is 25.4 Å². The Labute approximate surface area is 129 Å². The standard InChI is InChI=1S/C16H21FN2OS/c1-2-9-20-15-6-5-12(11-14(15)17)13-4-3-7-19-8-10-21-18-16(13)19/h5-6,11,13H,2-4,7-10H2,1H3. The van der Waals surface area contributed by atoms with Crippen LogP contribution in [0.2, 0.25) is 0 Å². The van der Waals surface area contributed by atoms with Crippen molar-refractivity contribution in [3.63, 3.8) is 0 Å². The predicted molar refractivity (Wildman–Crippen MR) is 85.6 cm³/mol. The molecule has 2 heterocycles. The van der Waals surface area contributed by atoms with Crippen LogP contribution in [0.15, 0.2) is 22.6 Å². The molecular weight excluding hydrogens is 287 g/mol. The lowest BCUT2D eigenvalue weighted by molar-refractivity contribution is 0.301. The first-order valence-electron chi connectivity index (χ1n) is 7.66. The van der Waals surface area contributed by atoms with Crippen molar-refractivity contribution < 1.29 is 9.13 Å². The first-order chi connectivity index (χ1) is 10.3. The van der Waals surface area contributed by atoms with E-state index >= 15 is 0 Å². The highest BCUT2D eigenvalue weighted by Crippen LogP contribution is 2.34. The van der Waals surface area contributed by atoms with Gasteiger partial charge >= 0.3 is 0 Å². The minimum Gasteiger partial charge on any atom is -0.491 e. The van der Waals surface area contributed by atoms with Crippen LogP contribution in [0.1, 0.15) is 37.7 Å². The van der Waals surface area contributed by atoms with Gasteiger partial charge in [-0.15, -0.1) is 0 Å². The van der Waals surface area contributed by atoms with Gasteiger partial charge in [0.15, 0.2) is 11.6 Å². The molecule has 0 radical (unpaired) electrons. The van der Waals surface area contributed by atoms with Gasteiger partial charge in [-0.2, -0.15) is 0 Å². The maximum atomic E-state index is 14.2. The molecule has 3 rings (SSSR count). The Morgan fingerprint density at radius 3 is 3.14 bits per heavy atom. The molecule has 3 nitrogen and oxygen atoms in total. The number of nitrogens with zero attached hydrogens (tertiary/aromatic N) is 2. The Bertz CT molecular complexity index is 535. The van der Waals surface area contributed by atoms with Gasteiger partial charge in [-0.1, -0.05) is 13.0 Å². The molecule has 2 aliphatic rings. The first kappa shape index (κ1) is 14.7. The smallest absolute Gasteiger partial charge is 0.165 e. The fourth-order valence-electron chi connectivity index (χ4n) is 2.94. The van der Waals surface area contributed by atoms with Gasteiger partial charge in [-0.05, 0) is 48.9 Å². The summed E-state index contributed by atoms with van der Waals surface area (Å²) < 4.78 is 24.2. The summed E-state index contributed by atoms with van der Waals surface area (Å²) in [6.45, 7) is 4.70. The molecule has 1 fully saturated rings. The quantitative estimate of drug-likeness (QED) is 0.790. The van der Waals surface area contributed by atoms with Crippen molar-refractivity contribution in [1.82, 2.24) is 4.90 Å². The van der Waals surface area contributed by atoms with Gasteiger partial charge in [-0.25, -0.2) is 8.79 Å². The summed E-state index contributed by atoms with van der Waals surface area (Å²) in [4.78, 5) is 2.35. The van der Waals surface area contributed by atoms with Crippen LogP contribution >= 0.6 is 11.9 Å². The number of ether oxygens (including phenoxy) is 1. The van der Waals surface area contributed by atoms with E-state index in [1.54, 1.807) is 24.1 Å². The lowest BCUT2D eigenvalue weighted by atomic mass is 9.89. The molecule has 0 N–H and O–H groups in total. The molecule has 0 amide bonds. The van der Waals surface area contributed by atoms with E-state index in [1.807, 2.05) is 13.0 Å². The monoisotopic (exact) mass is 308 g/mol. The van der Waals surface area contributed by atoms with Crippen molar-refractivity contribution in [2.24, 2.45) is 4.40 Å². The molecule has 1 aromatic carbocycles. The number of fused-ring (bicyclic) bond motifs is 1. The molecule has 2 aliphatic heterocycles. The van der Waals surface area contributed by atoms with Crippen molar-refractivity contribution in [2.45, 2.75) is 32.1 Å². The van der Waals surface area contributed by atoms with E-state index in [1.165, 1.54) is 0 Å². The van der Waals surface area contributed by atoms with Gasteiger partial charge in [0, 0.05) is 24.8 Å². The van der Waals surface area contributed by atoms with Crippen LogP contribution in [-0.4, -0.2) is 36.2 Å². The van der Waals surface area contributed by atoms with Crippen molar-refractivity contribution in [3.8, 4) is 5.75 Å². The molecule has 0 bridgehead atoms. The van der Waals surface area contributed by atoms with Gasteiger partial charge in [0.1, 0.15) is 5.84 Å². The molecule has 5 heteroatoms. The Morgan fingerprint density at radius 2 is 2.33 bits per heavy atom. The maximum absolute atomic E-state index is 14.2. The largest absolute Gasteiger partial charge is 0.491 e. The average Bonchev–Trinajstić information content (AvgIpc) is 2.53. The third-order valence-corrected chi connectivity index (χ3v) is 4.67. The number of hydrogen-bond acceptors (Lipinski definition) is 4. The van der Waals surface area contributed by atoms with Gasteiger partial charge in [0.2, 0.25) is 0 Å².